The molecule has 0 spiro atoms. The molecule has 28 nitrogen and oxygen atoms in total. The number of aliphatic hydroxyl groups is 11. The molecule has 20 atom stereocenters. The van der Waals surface area contributed by atoms with Crippen molar-refractivity contribution in [3.05, 3.63) is 0 Å². The molecule has 1 amide bonds. The first-order valence-electron chi connectivity index (χ1n) is 16.6. The number of nitrogens with one attached hydrogen (secondary N) is 1. The highest BCUT2D eigenvalue weighted by Gasteiger charge is 2.55. The number of rotatable bonds is 15. The molecule has 4 saturated heterocycles. The Morgan fingerprint density at radius 2 is 1.09 bits per heavy atom. The van der Waals surface area contributed by atoms with Crippen LogP contribution >= 0.6 is 15.6 Å². The number of carbonyl (C=O) groups excluding carboxylic acids is 1. The molecule has 0 aromatic heterocycles. The second kappa shape index (κ2) is 19.6. The Bertz CT molecular complexity index is 1370. The lowest BCUT2D eigenvalue weighted by Gasteiger charge is -2.48. The van der Waals surface area contributed by atoms with Crippen molar-refractivity contribution in [3.63, 3.8) is 0 Å². The Morgan fingerprint density at radius 1 is 0.571 bits per heavy atom. The first-order chi connectivity index (χ1) is 26.0. The van der Waals surface area contributed by atoms with Crippen molar-refractivity contribution >= 4 is 21.6 Å². The minimum absolute atomic E-state index is 0.759. The second-order valence-electron chi connectivity index (χ2n) is 13.1. The molecule has 4 aliphatic heterocycles. The summed E-state index contributed by atoms with van der Waals surface area (Å²) in [5.41, 5.74) is 0. The topological polar surface area (TPSA) is 450 Å². The number of hydrogen-bond acceptors (Lipinski definition) is 23. The highest BCUT2D eigenvalue weighted by molar-refractivity contribution is 7.46. The van der Waals surface area contributed by atoms with E-state index in [1.54, 1.807) is 0 Å². The molecule has 16 N–H and O–H groups in total. The Balaban J connectivity index is 1.57. The van der Waals surface area contributed by atoms with Gasteiger partial charge < -0.3 is 114 Å². The average Bonchev–Trinajstić information content (AvgIpc) is 3.11. The summed E-state index contributed by atoms with van der Waals surface area (Å²) in [5.74, 6) is -0.759. The SMILES string of the molecule is CC(=O)N[C@H]1C(O)O[C@H](CO)[C@@H](O[C@H]2O[C@H](CO[C@H]3O[C@H](CO)[C@@H](O)[C@H](O)[C@@H]3O[C@H]3O[C@H](COP(=O)(O)O)[C@@H](O)[C@H](O)[C@@H]3O)[C@@H](O)[C@H](O)[C@@H]2OP(=O)(O)O)[C@@H]1O. The fourth-order valence-electron chi connectivity index (χ4n) is 6.24. The molecule has 4 heterocycles. The first-order valence-corrected chi connectivity index (χ1v) is 19.6. The van der Waals surface area contributed by atoms with E-state index < -0.39 is 171 Å². The lowest BCUT2D eigenvalue weighted by Crippen LogP contribution is -2.67. The fraction of sp³-hybridized carbons (Fsp3) is 0.962. The molecule has 0 aliphatic carbocycles. The van der Waals surface area contributed by atoms with Gasteiger partial charge in [-0.15, -0.1) is 0 Å². The number of aliphatic hydroxyl groups excluding tert-OH is 11. The van der Waals surface area contributed by atoms with Crippen LogP contribution in [0.3, 0.4) is 0 Å². The summed E-state index contributed by atoms with van der Waals surface area (Å²) in [6.45, 7) is -2.92. The first kappa shape index (κ1) is 47.6. The maximum absolute atomic E-state index is 11.8. The van der Waals surface area contributed by atoms with E-state index >= 15 is 0 Å². The van der Waals surface area contributed by atoms with Gasteiger partial charge in [-0.05, 0) is 0 Å². The van der Waals surface area contributed by atoms with Crippen LogP contribution < -0.4 is 5.32 Å². The van der Waals surface area contributed by atoms with Gasteiger partial charge in [0, 0.05) is 6.92 Å². The van der Waals surface area contributed by atoms with E-state index in [4.69, 9.17) is 42.9 Å². The molecule has 0 saturated carbocycles. The fourth-order valence-corrected chi connectivity index (χ4v) is 7.12. The van der Waals surface area contributed by atoms with Crippen molar-refractivity contribution in [2.75, 3.05) is 26.4 Å². The summed E-state index contributed by atoms with van der Waals surface area (Å²) in [5, 5.41) is 118. The van der Waals surface area contributed by atoms with Crippen LogP contribution in [0.1, 0.15) is 6.92 Å². The van der Waals surface area contributed by atoms with E-state index in [1.807, 2.05) is 0 Å². The summed E-state index contributed by atoms with van der Waals surface area (Å²) in [6.07, 6.45) is -37.8. The summed E-state index contributed by atoms with van der Waals surface area (Å²) in [6, 6.07) is -1.61. The maximum atomic E-state index is 11.8. The van der Waals surface area contributed by atoms with Gasteiger partial charge in [0.25, 0.3) is 0 Å². The molecule has 30 heteroatoms. The number of phosphoric acid groups is 2. The predicted molar refractivity (Wildman–Crippen MR) is 167 cm³/mol. The molecule has 1 unspecified atom stereocenters. The van der Waals surface area contributed by atoms with Gasteiger partial charge in [0.2, 0.25) is 5.91 Å². The van der Waals surface area contributed by atoms with Crippen LogP contribution in [0, 0.1) is 0 Å². The van der Waals surface area contributed by atoms with E-state index in [-0.39, 0.29) is 0 Å². The molecule has 56 heavy (non-hydrogen) atoms. The van der Waals surface area contributed by atoms with Gasteiger partial charge in [0.05, 0.1) is 26.4 Å². The number of hydrogen-bond donors (Lipinski definition) is 16. The van der Waals surface area contributed by atoms with Crippen molar-refractivity contribution in [1.82, 2.24) is 5.32 Å². The second-order valence-corrected chi connectivity index (χ2v) is 15.5. The monoisotopic (exact) mass is 867 g/mol. The van der Waals surface area contributed by atoms with Crippen LogP contribution in [0.15, 0.2) is 0 Å². The van der Waals surface area contributed by atoms with Gasteiger partial charge in [0.15, 0.2) is 25.2 Å². The van der Waals surface area contributed by atoms with Gasteiger partial charge in [-0.25, -0.2) is 9.13 Å². The third kappa shape index (κ3) is 11.6. The third-order valence-corrected chi connectivity index (χ3v) is 10.1. The average molecular weight is 868 g/mol. The standard InChI is InChI=1S/C26H47NO27P2/c1-6(30)27-11-15(34)20(8(3-29)48-23(11)39)52-26-22(54-56(43,44)45)18(37)14(33)9(51-26)4-46-25-21(17(36)12(31)7(2-28)49-25)53-24-19(38)16(35)13(32)10(50-24)5-47-55(40,41)42/h7-26,28-29,31-39H,2-5H2,1H3,(H,27,30)(H2,40,41,42)(H2,43,44,45)/t7-,8-,9-,10-,11-,12-,13-,14-,15-,16+,17+,18+,19+,20-,21+,22+,23?,24-,25+,26-/m1/s1. The van der Waals surface area contributed by atoms with Crippen molar-refractivity contribution in [3.8, 4) is 0 Å². The number of phosphoric ester groups is 2. The molecule has 0 aromatic carbocycles. The lowest BCUT2D eigenvalue weighted by atomic mass is 9.95. The van der Waals surface area contributed by atoms with E-state index in [0.29, 0.717) is 0 Å². The summed E-state index contributed by atoms with van der Waals surface area (Å²) >= 11 is 0. The van der Waals surface area contributed by atoms with E-state index in [1.165, 1.54) is 0 Å². The summed E-state index contributed by atoms with van der Waals surface area (Å²) < 4.78 is 70.3. The maximum Gasteiger partial charge on any atom is 0.470 e. The normalized spacial score (nSPS) is 45.4. The van der Waals surface area contributed by atoms with E-state index in [9.17, 15) is 79.9 Å². The lowest BCUT2D eigenvalue weighted by molar-refractivity contribution is -0.375. The van der Waals surface area contributed by atoms with Gasteiger partial charge in [0.1, 0.15) is 97.6 Å². The Labute approximate surface area is 315 Å². The van der Waals surface area contributed by atoms with Gasteiger partial charge in [-0.2, -0.15) is 0 Å². The largest absolute Gasteiger partial charge is 0.470 e. The van der Waals surface area contributed by atoms with Crippen LogP contribution in [0.2, 0.25) is 0 Å². The van der Waals surface area contributed by atoms with Crippen LogP contribution in [0.5, 0.6) is 0 Å². The van der Waals surface area contributed by atoms with Gasteiger partial charge >= 0.3 is 15.6 Å². The molecule has 0 radical (unpaired) electrons. The quantitative estimate of drug-likeness (QED) is 0.0680. The van der Waals surface area contributed by atoms with Gasteiger partial charge in [-0.1, -0.05) is 0 Å². The summed E-state index contributed by atoms with van der Waals surface area (Å²) in [7, 11) is -10.7. The van der Waals surface area contributed by atoms with E-state index in [2.05, 4.69) is 14.4 Å². The van der Waals surface area contributed by atoms with E-state index in [0.717, 1.165) is 6.92 Å². The van der Waals surface area contributed by atoms with Crippen molar-refractivity contribution in [2.45, 2.75) is 130 Å². The zero-order valence-corrected chi connectivity index (χ0v) is 30.7. The molecule has 4 aliphatic rings. The molecule has 4 rings (SSSR count). The Hall–Kier alpha value is -1.03. The van der Waals surface area contributed by atoms with Crippen LogP contribution in [-0.2, 0) is 56.1 Å². The molecular formula is C26H47NO27P2. The Kier molecular flexibility index (Phi) is 16.6. The van der Waals surface area contributed by atoms with Crippen LogP contribution in [-0.4, -0.2) is 231 Å². The Morgan fingerprint density at radius 3 is 1.66 bits per heavy atom. The van der Waals surface area contributed by atoms with Crippen molar-refractivity contribution < 1.29 is 132 Å². The number of carbonyl (C=O) groups is 1. The zero-order valence-electron chi connectivity index (χ0n) is 28.9. The number of amides is 1. The minimum atomic E-state index is -5.53. The van der Waals surface area contributed by atoms with Crippen LogP contribution in [0.4, 0.5) is 0 Å². The molecule has 328 valence electrons. The molecule has 0 bridgehead atoms. The molecular weight excluding hydrogens is 820 g/mol. The smallest absolute Gasteiger partial charge is 0.394 e. The molecule has 4 fully saturated rings. The van der Waals surface area contributed by atoms with Crippen molar-refractivity contribution in [1.29, 1.82) is 0 Å². The highest BCUT2D eigenvalue weighted by Crippen LogP contribution is 2.43. The minimum Gasteiger partial charge on any atom is -0.394 e. The summed E-state index contributed by atoms with van der Waals surface area (Å²) in [4.78, 5) is 48.8. The van der Waals surface area contributed by atoms with Crippen molar-refractivity contribution in [2.24, 2.45) is 0 Å². The predicted octanol–water partition coefficient (Wildman–Crippen LogP) is -9.37. The number of ether oxygens (including phenoxy) is 7. The third-order valence-electron chi connectivity index (χ3n) is 9.05. The van der Waals surface area contributed by atoms with Crippen LogP contribution in [0.25, 0.3) is 0 Å². The van der Waals surface area contributed by atoms with Gasteiger partial charge in [-0.3, -0.25) is 13.8 Å². The zero-order chi connectivity index (χ0) is 42.0. The highest BCUT2D eigenvalue weighted by atomic mass is 31.2. The molecule has 0 aromatic rings.